The van der Waals surface area contributed by atoms with Crippen LogP contribution in [-0.2, 0) is 11.2 Å². The Morgan fingerprint density at radius 3 is 2.75 bits per heavy atom. The lowest BCUT2D eigenvalue weighted by molar-refractivity contribution is -0.146. The second-order valence-corrected chi connectivity index (χ2v) is 6.13. The summed E-state index contributed by atoms with van der Waals surface area (Å²) in [7, 11) is 0. The first-order valence-corrected chi connectivity index (χ1v) is 6.29. The molecule has 0 saturated heterocycles. The van der Waals surface area contributed by atoms with E-state index < -0.39 is 11.4 Å². The van der Waals surface area contributed by atoms with Gasteiger partial charge in [-0.25, -0.2) is 0 Å². The average molecular weight is 236 g/mol. The molecule has 1 aliphatic rings. The van der Waals surface area contributed by atoms with Crippen LogP contribution in [0.4, 0.5) is 0 Å². The largest absolute Gasteiger partial charge is 0.481 e. The van der Waals surface area contributed by atoms with Gasteiger partial charge in [0.1, 0.15) is 0 Å². The number of thioether (sulfide) groups is 1. The van der Waals surface area contributed by atoms with E-state index >= 15 is 0 Å². The van der Waals surface area contributed by atoms with E-state index in [9.17, 15) is 9.90 Å². The molecule has 1 heterocycles. The van der Waals surface area contributed by atoms with Crippen molar-refractivity contribution in [2.24, 2.45) is 5.41 Å². The number of carbonyl (C=O) groups is 1. The smallest absolute Gasteiger partial charge is 0.310 e. The molecular formula is C13H16O2S. The minimum Gasteiger partial charge on any atom is -0.481 e. The second kappa shape index (κ2) is 3.81. The van der Waals surface area contributed by atoms with Crippen molar-refractivity contribution in [3.63, 3.8) is 0 Å². The van der Waals surface area contributed by atoms with Gasteiger partial charge in [0.05, 0.1) is 5.41 Å². The van der Waals surface area contributed by atoms with E-state index in [4.69, 9.17) is 0 Å². The molecule has 1 aromatic carbocycles. The predicted molar refractivity (Wildman–Crippen MR) is 65.9 cm³/mol. The standard InChI is InChI=1S/C13H16O2S/c1-8-5-4-6-10-9(8)7-11(16-10)13(2,3)12(14)15/h4-6,11H,7H2,1-3H3,(H,14,15). The van der Waals surface area contributed by atoms with E-state index in [0.29, 0.717) is 0 Å². The van der Waals surface area contributed by atoms with Crippen molar-refractivity contribution in [2.75, 3.05) is 0 Å². The van der Waals surface area contributed by atoms with Gasteiger partial charge in [-0.2, -0.15) is 0 Å². The van der Waals surface area contributed by atoms with Crippen molar-refractivity contribution in [2.45, 2.75) is 37.3 Å². The highest BCUT2D eigenvalue weighted by Gasteiger charge is 2.41. The maximum absolute atomic E-state index is 11.2. The van der Waals surface area contributed by atoms with Gasteiger partial charge >= 0.3 is 5.97 Å². The highest BCUT2D eigenvalue weighted by molar-refractivity contribution is 8.00. The number of hydrogen-bond acceptors (Lipinski definition) is 2. The van der Waals surface area contributed by atoms with E-state index in [1.165, 1.54) is 16.0 Å². The van der Waals surface area contributed by atoms with Crippen LogP contribution in [0.3, 0.4) is 0 Å². The molecule has 1 N–H and O–H groups in total. The van der Waals surface area contributed by atoms with Gasteiger partial charge < -0.3 is 5.11 Å². The Morgan fingerprint density at radius 1 is 1.50 bits per heavy atom. The Labute approximate surface area is 100 Å². The number of fused-ring (bicyclic) bond motifs is 1. The fraction of sp³-hybridized carbons (Fsp3) is 0.462. The minimum absolute atomic E-state index is 0.140. The van der Waals surface area contributed by atoms with Crippen LogP contribution in [0.2, 0.25) is 0 Å². The van der Waals surface area contributed by atoms with Gasteiger partial charge in [-0.05, 0) is 44.4 Å². The molecule has 1 aliphatic heterocycles. The van der Waals surface area contributed by atoms with Crippen molar-refractivity contribution in [3.8, 4) is 0 Å². The van der Waals surface area contributed by atoms with Crippen molar-refractivity contribution in [3.05, 3.63) is 29.3 Å². The first-order chi connectivity index (χ1) is 7.43. The Morgan fingerprint density at radius 2 is 2.19 bits per heavy atom. The van der Waals surface area contributed by atoms with Crippen LogP contribution in [0.1, 0.15) is 25.0 Å². The molecular weight excluding hydrogens is 220 g/mol. The SMILES string of the molecule is Cc1cccc2c1CC(C(C)(C)C(=O)O)S2. The van der Waals surface area contributed by atoms with Crippen LogP contribution in [0.25, 0.3) is 0 Å². The minimum atomic E-state index is -0.713. The molecule has 0 radical (unpaired) electrons. The van der Waals surface area contributed by atoms with Gasteiger partial charge in [-0.15, -0.1) is 11.8 Å². The summed E-state index contributed by atoms with van der Waals surface area (Å²) in [6.07, 6.45) is 0.867. The number of aryl methyl sites for hydroxylation is 1. The quantitative estimate of drug-likeness (QED) is 0.857. The van der Waals surface area contributed by atoms with Crippen molar-refractivity contribution in [1.82, 2.24) is 0 Å². The highest BCUT2D eigenvalue weighted by Crippen LogP contribution is 2.46. The maximum Gasteiger partial charge on any atom is 0.310 e. The molecule has 86 valence electrons. The summed E-state index contributed by atoms with van der Waals surface area (Å²) in [5, 5.41) is 9.38. The number of carboxylic acids is 1. The molecule has 2 nitrogen and oxygen atoms in total. The summed E-state index contributed by atoms with van der Waals surface area (Å²) < 4.78 is 0. The molecule has 0 spiro atoms. The summed E-state index contributed by atoms with van der Waals surface area (Å²) >= 11 is 1.70. The Balaban J connectivity index is 2.30. The maximum atomic E-state index is 11.2. The Hall–Kier alpha value is -0.960. The second-order valence-electron chi connectivity index (χ2n) is 4.89. The van der Waals surface area contributed by atoms with Gasteiger partial charge in [-0.1, -0.05) is 12.1 Å². The summed E-state index contributed by atoms with van der Waals surface area (Å²) in [5.74, 6) is -0.713. The van der Waals surface area contributed by atoms with Crippen LogP contribution < -0.4 is 0 Å². The molecule has 16 heavy (non-hydrogen) atoms. The number of aliphatic carboxylic acids is 1. The summed E-state index contributed by atoms with van der Waals surface area (Å²) in [6, 6.07) is 6.22. The third-order valence-corrected chi connectivity index (χ3v) is 5.06. The van der Waals surface area contributed by atoms with Crippen LogP contribution >= 0.6 is 11.8 Å². The number of carboxylic acid groups (broad SMARTS) is 1. The first-order valence-electron chi connectivity index (χ1n) is 5.41. The topological polar surface area (TPSA) is 37.3 Å². The zero-order chi connectivity index (χ0) is 11.9. The lowest BCUT2D eigenvalue weighted by Crippen LogP contribution is -2.34. The average Bonchev–Trinajstić information content (AvgIpc) is 2.63. The molecule has 0 aliphatic carbocycles. The molecule has 1 unspecified atom stereocenters. The molecule has 1 aromatic rings. The van der Waals surface area contributed by atoms with E-state index in [0.717, 1.165) is 6.42 Å². The molecule has 2 rings (SSSR count). The Kier molecular flexibility index (Phi) is 2.74. The monoisotopic (exact) mass is 236 g/mol. The van der Waals surface area contributed by atoms with Crippen molar-refractivity contribution < 1.29 is 9.90 Å². The van der Waals surface area contributed by atoms with Crippen LogP contribution in [0.15, 0.2) is 23.1 Å². The van der Waals surface area contributed by atoms with Gasteiger partial charge in [0.2, 0.25) is 0 Å². The van der Waals surface area contributed by atoms with Crippen molar-refractivity contribution >= 4 is 17.7 Å². The fourth-order valence-corrected chi connectivity index (χ4v) is 3.46. The van der Waals surface area contributed by atoms with E-state index in [1.807, 2.05) is 19.9 Å². The van der Waals surface area contributed by atoms with E-state index in [1.54, 1.807) is 11.8 Å². The Bertz CT molecular complexity index is 438. The zero-order valence-corrected chi connectivity index (χ0v) is 10.6. The van der Waals surface area contributed by atoms with Gasteiger partial charge in [-0.3, -0.25) is 4.79 Å². The van der Waals surface area contributed by atoms with Crippen molar-refractivity contribution in [1.29, 1.82) is 0 Å². The van der Waals surface area contributed by atoms with Gasteiger partial charge in [0.15, 0.2) is 0 Å². The summed E-state index contributed by atoms with van der Waals surface area (Å²) in [4.78, 5) is 12.5. The van der Waals surface area contributed by atoms with Crippen LogP contribution in [0, 0.1) is 12.3 Å². The normalized spacial score (nSPS) is 19.6. The van der Waals surface area contributed by atoms with Gasteiger partial charge in [0.25, 0.3) is 0 Å². The molecule has 0 bridgehead atoms. The lowest BCUT2D eigenvalue weighted by Gasteiger charge is -2.25. The number of rotatable bonds is 2. The highest BCUT2D eigenvalue weighted by atomic mass is 32.2. The molecule has 0 saturated carbocycles. The predicted octanol–water partition coefficient (Wildman–Crippen LogP) is 3.12. The molecule has 0 fully saturated rings. The fourth-order valence-electron chi connectivity index (χ4n) is 1.97. The van der Waals surface area contributed by atoms with E-state index in [-0.39, 0.29) is 5.25 Å². The third kappa shape index (κ3) is 1.73. The molecule has 3 heteroatoms. The van der Waals surface area contributed by atoms with Gasteiger partial charge in [0, 0.05) is 10.1 Å². The summed E-state index contributed by atoms with van der Waals surface area (Å²) in [6.45, 7) is 5.72. The zero-order valence-electron chi connectivity index (χ0n) is 9.78. The molecule has 0 amide bonds. The summed E-state index contributed by atoms with van der Waals surface area (Å²) in [5.41, 5.74) is 1.93. The third-order valence-electron chi connectivity index (χ3n) is 3.38. The molecule has 1 atom stereocenters. The number of benzene rings is 1. The van der Waals surface area contributed by atoms with E-state index in [2.05, 4.69) is 19.1 Å². The van der Waals surface area contributed by atoms with Crippen LogP contribution in [0.5, 0.6) is 0 Å². The van der Waals surface area contributed by atoms with Crippen LogP contribution in [-0.4, -0.2) is 16.3 Å². The number of hydrogen-bond donors (Lipinski definition) is 1. The lowest BCUT2D eigenvalue weighted by atomic mass is 9.85. The first kappa shape index (κ1) is 11.5. The molecule has 0 aromatic heterocycles.